The van der Waals surface area contributed by atoms with E-state index in [4.69, 9.17) is 0 Å². The maximum atomic E-state index is 2.41. The van der Waals surface area contributed by atoms with E-state index >= 15 is 0 Å². The second-order valence-corrected chi connectivity index (χ2v) is 36.6. The molecule has 8 atom stereocenters. The standard InChI is InChI=1S/2C12H24.2C11H22.2C10H20.2C9H18/c1-10(2)12(11(3)4)8-6-5-7-9-12;1-9(2)11-7-5-6-8-12(11)10(3)4;1-9(2)11(10(3)4)7-5-6-8-11;1-8(2)10-6-5-7-11(10)9(3)4;1-8(2)10(9(3)4)6-5-7-10;1-7(2)9-5-6-10(9)8(3)4;1-7(2)9(5-6-9)8(3)4;1-6(2)8-5-9(8)7(3)4/h10-11H,5-9H2,1-4H3;9-12H,5-8H2,1-4H3;9-10H,5-8H2,1-4H3;8-11H,5-7H2,1-4H3;8-9H,5-7H2,1-4H3;7-10H,5-6H2,1-4H3;7-8H,5-6H2,1-4H3;6-9H,5H2,1-4H3. The number of hydrogen-bond donors (Lipinski definition) is 0. The van der Waals surface area contributed by atoms with Crippen LogP contribution >= 0.6 is 0 Å². The minimum absolute atomic E-state index is 0.679. The molecule has 0 aromatic carbocycles. The van der Waals surface area contributed by atoms with Gasteiger partial charge in [-0.2, -0.15) is 0 Å². The van der Waals surface area contributed by atoms with E-state index in [2.05, 4.69) is 222 Å². The fourth-order valence-electron chi connectivity index (χ4n) is 19.8. The van der Waals surface area contributed by atoms with Crippen molar-refractivity contribution < 1.29 is 0 Å². The topological polar surface area (TPSA) is 0 Å². The fourth-order valence-corrected chi connectivity index (χ4v) is 19.8. The van der Waals surface area contributed by atoms with E-state index in [0.717, 1.165) is 153 Å². The van der Waals surface area contributed by atoms with Gasteiger partial charge in [0.2, 0.25) is 0 Å². The molecule has 0 radical (unpaired) electrons. The van der Waals surface area contributed by atoms with Crippen molar-refractivity contribution in [3.05, 3.63) is 0 Å². The van der Waals surface area contributed by atoms with Gasteiger partial charge in [-0.15, -0.1) is 0 Å². The molecule has 0 N–H and O–H groups in total. The summed E-state index contributed by atoms with van der Waals surface area (Å²) in [4.78, 5) is 0. The lowest BCUT2D eigenvalue weighted by molar-refractivity contribution is 0.0135. The summed E-state index contributed by atoms with van der Waals surface area (Å²) >= 11 is 0. The van der Waals surface area contributed by atoms with Gasteiger partial charge >= 0.3 is 0 Å². The summed E-state index contributed by atoms with van der Waals surface area (Å²) < 4.78 is 0. The Morgan fingerprint density at radius 3 is 0.476 bits per heavy atom. The van der Waals surface area contributed by atoms with E-state index in [9.17, 15) is 0 Å². The van der Waals surface area contributed by atoms with E-state index in [1.807, 2.05) is 0 Å². The SMILES string of the molecule is CC(C)C1(C(C)C)CC1.CC(C)C1(C(C)C)CCC1.CC(C)C1(C(C)C)CCCC1.CC(C)C1(C(C)C)CCCCC1.CC(C)C1CC1C(C)C.CC(C)C1CCC1C(C)C.CC(C)C1CCCC1C(C)C.CC(C)C1CCCCC1C(C)C. The van der Waals surface area contributed by atoms with Crippen molar-refractivity contribution in [1.82, 2.24) is 0 Å². The van der Waals surface area contributed by atoms with Crippen LogP contribution in [0.1, 0.15) is 376 Å². The van der Waals surface area contributed by atoms with Crippen LogP contribution in [0.25, 0.3) is 0 Å². The van der Waals surface area contributed by atoms with Gasteiger partial charge in [0.05, 0.1) is 0 Å². The Labute approximate surface area is 536 Å². The zero-order chi connectivity index (χ0) is 64.8. The largest absolute Gasteiger partial charge is 0.0625 e. The first-order valence-electron chi connectivity index (χ1n) is 38.9. The molecule has 0 aromatic rings. The summed E-state index contributed by atoms with van der Waals surface area (Å²) in [6.07, 6.45) is 35.5. The Hall–Kier alpha value is 0. The lowest BCUT2D eigenvalue weighted by Gasteiger charge is -2.49. The summed E-state index contributed by atoms with van der Waals surface area (Å²) in [5, 5.41) is 0. The van der Waals surface area contributed by atoms with Gasteiger partial charge in [-0.25, -0.2) is 0 Å². The highest BCUT2D eigenvalue weighted by molar-refractivity contribution is 4.98. The second-order valence-electron chi connectivity index (χ2n) is 36.6. The Morgan fingerprint density at radius 2 is 0.345 bits per heavy atom. The highest BCUT2D eigenvalue weighted by Gasteiger charge is 2.48. The normalized spacial score (nSPS) is 28.0. The summed E-state index contributed by atoms with van der Waals surface area (Å²) in [5.74, 6) is 22.7. The molecule has 0 aliphatic heterocycles. The summed E-state index contributed by atoms with van der Waals surface area (Å²) in [6.45, 7) is 76.0. The number of rotatable bonds is 16. The van der Waals surface area contributed by atoms with Crippen molar-refractivity contribution in [1.29, 1.82) is 0 Å². The predicted octanol–water partition coefficient (Wildman–Crippen LogP) is 28.7. The maximum Gasteiger partial charge on any atom is -0.0251 e. The van der Waals surface area contributed by atoms with Crippen molar-refractivity contribution in [2.75, 3.05) is 0 Å². The molecule has 0 spiro atoms. The van der Waals surface area contributed by atoms with E-state index in [1.54, 1.807) is 0 Å². The quantitative estimate of drug-likeness (QED) is 0.144. The zero-order valence-corrected chi connectivity index (χ0v) is 64.8. The molecule has 0 heterocycles. The van der Waals surface area contributed by atoms with Gasteiger partial charge in [0.1, 0.15) is 0 Å². The van der Waals surface area contributed by atoms with E-state index in [0.29, 0.717) is 10.8 Å². The number of hydrogen-bond acceptors (Lipinski definition) is 0. The van der Waals surface area contributed by atoms with Gasteiger partial charge in [-0.3, -0.25) is 0 Å². The van der Waals surface area contributed by atoms with Crippen LogP contribution in [0.3, 0.4) is 0 Å². The summed E-state index contributed by atoms with van der Waals surface area (Å²) in [7, 11) is 0. The Balaban J connectivity index is 0.000000481. The molecule has 0 nitrogen and oxygen atoms in total. The van der Waals surface area contributed by atoms with E-state index in [-0.39, 0.29) is 0 Å². The first kappa shape index (κ1) is 82.0. The van der Waals surface area contributed by atoms with Crippen LogP contribution in [0.2, 0.25) is 0 Å². The molecule has 8 aliphatic rings. The van der Waals surface area contributed by atoms with Crippen LogP contribution in [-0.2, 0) is 0 Å². The van der Waals surface area contributed by atoms with Crippen molar-refractivity contribution in [3.8, 4) is 0 Å². The summed E-state index contributed by atoms with van der Waals surface area (Å²) in [5.41, 5.74) is 2.85. The maximum absolute atomic E-state index is 2.41. The van der Waals surface area contributed by atoms with E-state index in [1.165, 1.54) is 154 Å². The highest BCUT2D eigenvalue weighted by atomic mass is 14.5. The van der Waals surface area contributed by atoms with Gasteiger partial charge in [0.25, 0.3) is 0 Å². The molecule has 8 saturated carbocycles. The average Bonchev–Trinajstić information content (AvgIpc) is 4.25. The van der Waals surface area contributed by atoms with Crippen molar-refractivity contribution in [2.24, 2.45) is 164 Å². The van der Waals surface area contributed by atoms with Gasteiger partial charge in [-0.1, -0.05) is 279 Å². The monoisotopic (exact) mass is 1180 g/mol. The molecule has 0 aromatic heterocycles. The van der Waals surface area contributed by atoms with Crippen molar-refractivity contribution in [3.63, 3.8) is 0 Å². The van der Waals surface area contributed by atoms with Crippen LogP contribution in [0, 0.1) is 164 Å². The van der Waals surface area contributed by atoms with Gasteiger partial charge in [0.15, 0.2) is 0 Å². The fraction of sp³-hybridized carbons (Fsp3) is 1.00. The van der Waals surface area contributed by atoms with Gasteiger partial charge in [-0.05, 0) is 260 Å². The lowest BCUT2D eigenvalue weighted by Crippen LogP contribution is -2.39. The molecule has 0 heteroatoms. The first-order chi connectivity index (χ1) is 38.9. The Bertz CT molecular complexity index is 1500. The first-order valence-corrected chi connectivity index (χ1v) is 38.9. The Morgan fingerprint density at radius 1 is 0.167 bits per heavy atom. The highest BCUT2D eigenvalue weighted by Crippen LogP contribution is 2.57. The average molecular weight is 1180 g/mol. The molecule has 504 valence electrons. The minimum atomic E-state index is 0.679. The van der Waals surface area contributed by atoms with Crippen LogP contribution in [0.4, 0.5) is 0 Å². The lowest BCUT2D eigenvalue weighted by atomic mass is 9.56. The summed E-state index contributed by atoms with van der Waals surface area (Å²) in [6, 6.07) is 0. The predicted molar refractivity (Wildman–Crippen MR) is 386 cm³/mol. The van der Waals surface area contributed by atoms with Crippen molar-refractivity contribution >= 4 is 0 Å². The van der Waals surface area contributed by atoms with Crippen LogP contribution in [0.15, 0.2) is 0 Å². The van der Waals surface area contributed by atoms with Gasteiger partial charge < -0.3 is 0 Å². The molecule has 0 amide bonds. The molecule has 8 rings (SSSR count). The Kier molecular flexibility index (Phi) is 37.8. The second kappa shape index (κ2) is 38.8. The molecule has 0 bridgehead atoms. The smallest absolute Gasteiger partial charge is 0.0251 e. The third-order valence-corrected chi connectivity index (χ3v) is 27.3. The van der Waals surface area contributed by atoms with Crippen LogP contribution in [-0.4, -0.2) is 0 Å². The van der Waals surface area contributed by atoms with Gasteiger partial charge in [0, 0.05) is 0 Å². The van der Waals surface area contributed by atoms with Crippen LogP contribution < -0.4 is 0 Å². The molecule has 0 saturated heterocycles. The third-order valence-electron chi connectivity index (χ3n) is 27.3. The third kappa shape index (κ3) is 24.6. The molecule has 8 fully saturated rings. The molecular weight excluding hydrogens is 1010 g/mol. The zero-order valence-electron chi connectivity index (χ0n) is 64.8. The molecule has 8 unspecified atom stereocenters. The van der Waals surface area contributed by atoms with Crippen molar-refractivity contribution in [2.45, 2.75) is 376 Å². The molecule has 8 aliphatic carbocycles. The minimum Gasteiger partial charge on any atom is -0.0625 e. The van der Waals surface area contributed by atoms with E-state index < -0.39 is 0 Å². The molecular formula is C84H168. The van der Waals surface area contributed by atoms with Crippen LogP contribution in [0.5, 0.6) is 0 Å². The molecule has 84 heavy (non-hydrogen) atoms.